The summed E-state index contributed by atoms with van der Waals surface area (Å²) < 4.78 is 35.8. The average molecular weight is 604 g/mol. The molecule has 10 nitrogen and oxygen atoms in total. The second kappa shape index (κ2) is 11.0. The Morgan fingerprint density at radius 1 is 1.12 bits per heavy atom. The summed E-state index contributed by atoms with van der Waals surface area (Å²) in [5.41, 5.74) is 11.3. The number of nitrogens with one attached hydrogen (secondary N) is 2. The van der Waals surface area contributed by atoms with Gasteiger partial charge >= 0.3 is 0 Å². The minimum atomic E-state index is -3.82. The largest absolute Gasteiger partial charge is 0.491 e. The second-order valence-corrected chi connectivity index (χ2v) is 15.3. The fraction of sp³-hybridized carbons (Fsp3) is 0.531. The zero-order valence-electron chi connectivity index (χ0n) is 25.0. The van der Waals surface area contributed by atoms with Crippen LogP contribution < -0.4 is 25.4 Å². The number of nitrogens with two attached hydrogens (primary N) is 1. The molecule has 2 unspecified atom stereocenters. The van der Waals surface area contributed by atoms with E-state index in [1.807, 2.05) is 12.1 Å². The van der Waals surface area contributed by atoms with E-state index in [2.05, 4.69) is 44.8 Å². The van der Waals surface area contributed by atoms with Gasteiger partial charge in [0.1, 0.15) is 35.2 Å². The van der Waals surface area contributed by atoms with Crippen molar-refractivity contribution in [3.63, 3.8) is 0 Å². The first kappa shape index (κ1) is 28.5. The number of nitrogen functional groups attached to an aromatic ring is 1. The molecule has 0 amide bonds. The monoisotopic (exact) mass is 603 g/mol. The summed E-state index contributed by atoms with van der Waals surface area (Å²) in [5, 5.41) is 3.44. The highest BCUT2D eigenvalue weighted by Gasteiger charge is 2.37. The molecule has 1 aromatic carbocycles. The van der Waals surface area contributed by atoms with Crippen LogP contribution in [-0.2, 0) is 29.4 Å². The molecule has 2 atom stereocenters. The summed E-state index contributed by atoms with van der Waals surface area (Å²) in [6.07, 6.45) is 8.46. The number of fused-ring (bicyclic) bond motifs is 3. The number of pyridine rings is 1. The van der Waals surface area contributed by atoms with Crippen LogP contribution in [0.2, 0.25) is 0 Å². The highest BCUT2D eigenvalue weighted by atomic mass is 32.2. The first-order valence-corrected chi connectivity index (χ1v) is 16.9. The Morgan fingerprint density at radius 3 is 2.74 bits per heavy atom. The van der Waals surface area contributed by atoms with Gasteiger partial charge in [-0.3, -0.25) is 0 Å². The zero-order chi connectivity index (χ0) is 29.8. The van der Waals surface area contributed by atoms with Gasteiger partial charge in [0, 0.05) is 41.7 Å². The molecule has 2 aliphatic carbocycles. The van der Waals surface area contributed by atoms with E-state index in [0.717, 1.165) is 73.6 Å². The van der Waals surface area contributed by atoms with E-state index in [-0.39, 0.29) is 16.1 Å². The molecular weight excluding hydrogens is 562 g/mol. The SMILES string of the molecule is CC1(C)CCc2ncnc(N3CCOc4ccc(-c5cnc(N)c(S(=O)(=O)NCC6CC7CNCC7C6)c5)cc4C3)c2C1. The van der Waals surface area contributed by atoms with E-state index in [4.69, 9.17) is 15.5 Å². The summed E-state index contributed by atoms with van der Waals surface area (Å²) >= 11 is 0. The Bertz CT molecular complexity index is 1630. The van der Waals surface area contributed by atoms with Crippen LogP contribution in [0.15, 0.2) is 41.7 Å². The molecule has 2 aliphatic heterocycles. The van der Waals surface area contributed by atoms with Crippen molar-refractivity contribution in [2.45, 2.75) is 57.4 Å². The van der Waals surface area contributed by atoms with Gasteiger partial charge in [-0.2, -0.15) is 0 Å². The van der Waals surface area contributed by atoms with Crippen molar-refractivity contribution in [2.24, 2.45) is 23.2 Å². The lowest BCUT2D eigenvalue weighted by Gasteiger charge is -2.33. The number of nitrogens with zero attached hydrogens (tertiary/aromatic N) is 4. The van der Waals surface area contributed by atoms with Gasteiger partial charge in [-0.25, -0.2) is 28.1 Å². The van der Waals surface area contributed by atoms with Gasteiger partial charge in [0.25, 0.3) is 0 Å². The van der Waals surface area contributed by atoms with Gasteiger partial charge < -0.3 is 20.7 Å². The fourth-order valence-corrected chi connectivity index (χ4v) is 8.70. The van der Waals surface area contributed by atoms with Crippen molar-refractivity contribution >= 4 is 21.7 Å². The predicted octanol–water partition coefficient (Wildman–Crippen LogP) is 3.56. The maximum Gasteiger partial charge on any atom is 0.244 e. The van der Waals surface area contributed by atoms with Crippen LogP contribution in [0.5, 0.6) is 5.75 Å². The zero-order valence-corrected chi connectivity index (χ0v) is 25.8. The third kappa shape index (κ3) is 5.70. The third-order valence-electron chi connectivity index (χ3n) is 9.86. The molecule has 0 bridgehead atoms. The summed E-state index contributed by atoms with van der Waals surface area (Å²) in [6, 6.07) is 7.61. The summed E-state index contributed by atoms with van der Waals surface area (Å²) in [5.74, 6) is 3.47. The second-order valence-electron chi connectivity index (χ2n) is 13.5. The number of anilines is 2. The van der Waals surface area contributed by atoms with Crippen LogP contribution in [0.3, 0.4) is 0 Å². The van der Waals surface area contributed by atoms with E-state index in [1.165, 1.54) is 5.56 Å². The van der Waals surface area contributed by atoms with Crippen molar-refractivity contribution in [1.29, 1.82) is 0 Å². The normalized spacial score (nSPS) is 24.5. The minimum absolute atomic E-state index is 0.00414. The molecule has 2 fully saturated rings. The van der Waals surface area contributed by atoms with Gasteiger partial charge in [-0.05, 0) is 92.1 Å². The summed E-state index contributed by atoms with van der Waals surface area (Å²) in [7, 11) is -3.82. The van der Waals surface area contributed by atoms with E-state index in [9.17, 15) is 8.42 Å². The van der Waals surface area contributed by atoms with Gasteiger partial charge in [-0.15, -0.1) is 0 Å². The molecule has 228 valence electrons. The highest BCUT2D eigenvalue weighted by molar-refractivity contribution is 7.89. The van der Waals surface area contributed by atoms with Crippen molar-refractivity contribution in [3.05, 3.63) is 53.6 Å². The lowest BCUT2D eigenvalue weighted by atomic mass is 9.76. The van der Waals surface area contributed by atoms with Crippen LogP contribution in [0.25, 0.3) is 11.1 Å². The van der Waals surface area contributed by atoms with Crippen LogP contribution >= 0.6 is 0 Å². The van der Waals surface area contributed by atoms with Crippen LogP contribution in [0, 0.1) is 23.2 Å². The average Bonchev–Trinajstić information content (AvgIpc) is 3.51. The standard InChI is InChI=1S/C32H41N7O3S/c1-32(2)6-5-27-26(13-32)31(37-19-36-27)39-7-8-42-28-4-3-21(11-25(28)18-39)24-12-29(30(33)35-17-24)43(40,41)38-14-20-9-22-15-34-16-23(22)10-20/h3-4,11-12,17,19-20,22-23,34,38H,5-10,13-16,18H2,1-2H3,(H2,33,35). The van der Waals surface area contributed by atoms with E-state index in [1.54, 1.807) is 18.6 Å². The molecule has 3 aromatic rings. The Hall–Kier alpha value is -3.28. The number of hydrogen-bond acceptors (Lipinski definition) is 9. The van der Waals surface area contributed by atoms with Gasteiger partial charge in [0.2, 0.25) is 10.0 Å². The lowest BCUT2D eigenvalue weighted by Crippen LogP contribution is -2.31. The quantitative estimate of drug-likeness (QED) is 0.387. The molecule has 2 aromatic heterocycles. The minimum Gasteiger partial charge on any atom is -0.491 e. The van der Waals surface area contributed by atoms with Crippen LogP contribution in [0.1, 0.15) is 49.9 Å². The van der Waals surface area contributed by atoms with Crippen LogP contribution in [-0.4, -0.2) is 56.2 Å². The van der Waals surface area contributed by atoms with Crippen molar-refractivity contribution in [2.75, 3.05) is 43.4 Å². The molecule has 7 rings (SSSR count). The first-order chi connectivity index (χ1) is 20.6. The predicted molar refractivity (Wildman–Crippen MR) is 166 cm³/mol. The molecule has 0 radical (unpaired) electrons. The van der Waals surface area contributed by atoms with Crippen molar-refractivity contribution in [3.8, 4) is 16.9 Å². The number of aryl methyl sites for hydroxylation is 1. The molecule has 4 aliphatic rings. The lowest BCUT2D eigenvalue weighted by molar-refractivity contribution is 0.310. The Balaban J connectivity index is 1.13. The maximum atomic E-state index is 13.4. The van der Waals surface area contributed by atoms with E-state index < -0.39 is 10.0 Å². The van der Waals surface area contributed by atoms with E-state index >= 15 is 0 Å². The number of benzene rings is 1. The van der Waals surface area contributed by atoms with Gasteiger partial charge in [0.15, 0.2) is 0 Å². The fourth-order valence-electron chi connectivity index (χ4n) is 7.48. The molecule has 11 heteroatoms. The Kier molecular flexibility index (Phi) is 7.30. The third-order valence-corrected chi connectivity index (χ3v) is 11.3. The molecule has 4 heterocycles. The Labute approximate surface area is 253 Å². The Morgan fingerprint density at radius 2 is 1.93 bits per heavy atom. The molecule has 4 N–H and O–H groups in total. The molecule has 43 heavy (non-hydrogen) atoms. The van der Waals surface area contributed by atoms with Crippen molar-refractivity contribution < 1.29 is 13.2 Å². The number of hydrogen-bond donors (Lipinski definition) is 3. The van der Waals surface area contributed by atoms with Crippen LogP contribution in [0.4, 0.5) is 11.6 Å². The number of aromatic nitrogens is 3. The highest BCUT2D eigenvalue weighted by Crippen LogP contribution is 2.40. The number of ether oxygens (including phenoxy) is 1. The molecule has 0 spiro atoms. The summed E-state index contributed by atoms with van der Waals surface area (Å²) in [4.78, 5) is 15.9. The maximum absolute atomic E-state index is 13.4. The topological polar surface area (TPSA) is 135 Å². The number of sulfonamides is 1. The smallest absolute Gasteiger partial charge is 0.244 e. The molecule has 1 saturated carbocycles. The van der Waals surface area contributed by atoms with E-state index in [0.29, 0.717) is 49.6 Å². The van der Waals surface area contributed by atoms with Gasteiger partial charge in [0.05, 0.1) is 6.54 Å². The van der Waals surface area contributed by atoms with Crippen molar-refractivity contribution in [1.82, 2.24) is 25.0 Å². The summed E-state index contributed by atoms with van der Waals surface area (Å²) in [6.45, 7) is 9.00. The molecular formula is C32H41N7O3S. The first-order valence-electron chi connectivity index (χ1n) is 15.4. The number of rotatable bonds is 6. The molecule has 1 saturated heterocycles. The van der Waals surface area contributed by atoms with Gasteiger partial charge in [-0.1, -0.05) is 19.9 Å².